The summed E-state index contributed by atoms with van der Waals surface area (Å²) in [5.74, 6) is 0. The Bertz CT molecular complexity index is 741. The van der Waals surface area contributed by atoms with E-state index in [1.807, 2.05) is 23.1 Å². The molecule has 0 atom stereocenters. The molecule has 0 radical (unpaired) electrons. The number of benzene rings is 2. The van der Waals surface area contributed by atoms with Gasteiger partial charge in [-0.1, -0.05) is 36.4 Å². The van der Waals surface area contributed by atoms with Gasteiger partial charge in [-0.05, 0) is 36.0 Å². The van der Waals surface area contributed by atoms with Crippen LogP contribution in [0.2, 0.25) is 0 Å². The third-order valence-corrected chi connectivity index (χ3v) is 4.71. The van der Waals surface area contributed by atoms with Gasteiger partial charge in [0.2, 0.25) is 0 Å². The number of rotatable bonds is 3. The van der Waals surface area contributed by atoms with Crippen LogP contribution in [0.4, 0.5) is 18.9 Å². The average Bonchev–Trinajstić information content (AvgIpc) is 2.63. The molecule has 0 saturated carbocycles. The highest BCUT2D eigenvalue weighted by molar-refractivity contribution is 7.80. The summed E-state index contributed by atoms with van der Waals surface area (Å²) in [6.07, 6.45) is -4.36. The van der Waals surface area contributed by atoms with Crippen molar-refractivity contribution in [3.8, 4) is 0 Å². The van der Waals surface area contributed by atoms with Gasteiger partial charge in [-0.15, -0.1) is 0 Å². The Labute approximate surface area is 156 Å². The smallest absolute Gasteiger partial charge is 0.346 e. The zero-order valence-corrected chi connectivity index (χ0v) is 15.0. The minimum absolute atomic E-state index is 0.358. The van der Waals surface area contributed by atoms with E-state index >= 15 is 0 Å². The monoisotopic (exact) mass is 379 g/mol. The molecule has 138 valence electrons. The summed E-state index contributed by atoms with van der Waals surface area (Å²) in [5, 5.41) is 3.39. The van der Waals surface area contributed by atoms with Crippen LogP contribution in [-0.4, -0.2) is 41.1 Å². The Morgan fingerprint density at radius 2 is 1.65 bits per heavy atom. The maximum absolute atomic E-state index is 12.8. The molecular formula is C19H20F3N3S. The fraction of sp³-hybridized carbons (Fsp3) is 0.316. The molecule has 1 N–H and O–H groups in total. The predicted octanol–water partition coefficient (Wildman–Crippen LogP) is 4.22. The maximum Gasteiger partial charge on any atom is 0.416 e. The predicted molar refractivity (Wildman–Crippen MR) is 101 cm³/mol. The average molecular weight is 379 g/mol. The number of hydrogen-bond donors (Lipinski definition) is 1. The number of nitrogens with one attached hydrogen (secondary N) is 1. The molecule has 7 heteroatoms. The Hall–Kier alpha value is -2.12. The lowest BCUT2D eigenvalue weighted by atomic mass is 10.2. The van der Waals surface area contributed by atoms with Gasteiger partial charge in [0.05, 0.1) is 5.56 Å². The molecule has 1 aliphatic rings. The lowest BCUT2D eigenvalue weighted by Crippen LogP contribution is -2.49. The number of thiocarbonyl (C=S) groups is 1. The van der Waals surface area contributed by atoms with Crippen molar-refractivity contribution < 1.29 is 13.2 Å². The van der Waals surface area contributed by atoms with E-state index in [4.69, 9.17) is 12.2 Å². The quantitative estimate of drug-likeness (QED) is 0.805. The Morgan fingerprint density at radius 3 is 2.31 bits per heavy atom. The van der Waals surface area contributed by atoms with Crippen LogP contribution in [0.1, 0.15) is 11.1 Å². The second kappa shape index (κ2) is 8.05. The summed E-state index contributed by atoms with van der Waals surface area (Å²) in [7, 11) is 0. The molecular weight excluding hydrogens is 359 g/mol. The van der Waals surface area contributed by atoms with Crippen molar-refractivity contribution in [2.24, 2.45) is 0 Å². The van der Waals surface area contributed by atoms with E-state index in [1.54, 1.807) is 6.07 Å². The molecule has 0 aromatic heterocycles. The Kier molecular flexibility index (Phi) is 5.78. The number of halogens is 3. The lowest BCUT2D eigenvalue weighted by molar-refractivity contribution is -0.137. The number of anilines is 1. The largest absolute Gasteiger partial charge is 0.416 e. The van der Waals surface area contributed by atoms with Crippen LogP contribution < -0.4 is 5.32 Å². The van der Waals surface area contributed by atoms with Crippen LogP contribution in [0.15, 0.2) is 54.6 Å². The first-order valence-corrected chi connectivity index (χ1v) is 8.82. The van der Waals surface area contributed by atoms with Crippen LogP contribution in [-0.2, 0) is 12.7 Å². The van der Waals surface area contributed by atoms with E-state index in [1.165, 1.54) is 11.6 Å². The Morgan fingerprint density at radius 1 is 0.962 bits per heavy atom. The van der Waals surface area contributed by atoms with Crippen molar-refractivity contribution in [1.82, 2.24) is 9.80 Å². The number of nitrogens with zero attached hydrogens (tertiary/aromatic N) is 2. The maximum atomic E-state index is 12.8. The first-order chi connectivity index (χ1) is 12.4. The van der Waals surface area contributed by atoms with Gasteiger partial charge in [0.25, 0.3) is 0 Å². The van der Waals surface area contributed by atoms with Crippen molar-refractivity contribution in [3.63, 3.8) is 0 Å². The van der Waals surface area contributed by atoms with E-state index < -0.39 is 11.7 Å². The molecule has 0 spiro atoms. The van der Waals surface area contributed by atoms with Gasteiger partial charge in [0, 0.05) is 38.4 Å². The van der Waals surface area contributed by atoms with E-state index in [0.29, 0.717) is 10.8 Å². The second-order valence-corrected chi connectivity index (χ2v) is 6.64. The van der Waals surface area contributed by atoms with Crippen LogP contribution in [0.3, 0.4) is 0 Å². The molecule has 26 heavy (non-hydrogen) atoms. The highest BCUT2D eigenvalue weighted by atomic mass is 32.1. The van der Waals surface area contributed by atoms with Gasteiger partial charge >= 0.3 is 6.18 Å². The third kappa shape index (κ3) is 4.95. The molecule has 3 nitrogen and oxygen atoms in total. The Balaban J connectivity index is 1.52. The topological polar surface area (TPSA) is 18.5 Å². The van der Waals surface area contributed by atoms with E-state index in [2.05, 4.69) is 22.3 Å². The van der Waals surface area contributed by atoms with E-state index in [9.17, 15) is 13.2 Å². The van der Waals surface area contributed by atoms with Crippen LogP contribution >= 0.6 is 12.2 Å². The molecule has 2 aromatic carbocycles. The molecule has 2 aromatic rings. The molecule has 3 rings (SSSR count). The normalized spacial score (nSPS) is 15.7. The zero-order chi connectivity index (χ0) is 18.6. The molecule has 0 amide bonds. The number of alkyl halides is 3. The van der Waals surface area contributed by atoms with Gasteiger partial charge in [-0.3, -0.25) is 4.90 Å². The van der Waals surface area contributed by atoms with Crippen molar-refractivity contribution in [2.75, 3.05) is 31.5 Å². The fourth-order valence-corrected chi connectivity index (χ4v) is 3.23. The zero-order valence-electron chi connectivity index (χ0n) is 14.2. The minimum atomic E-state index is -4.36. The van der Waals surface area contributed by atoms with Crippen LogP contribution in [0.5, 0.6) is 0 Å². The third-order valence-electron chi connectivity index (χ3n) is 4.35. The second-order valence-electron chi connectivity index (χ2n) is 6.26. The highest BCUT2D eigenvalue weighted by Crippen LogP contribution is 2.30. The van der Waals surface area contributed by atoms with Gasteiger partial charge in [-0.2, -0.15) is 13.2 Å². The molecule has 0 unspecified atom stereocenters. The van der Waals surface area contributed by atoms with Crippen molar-refractivity contribution in [3.05, 3.63) is 65.7 Å². The number of piperazine rings is 1. The SMILES string of the molecule is FC(F)(F)c1cccc(NC(=S)N2CCN(Cc3ccccc3)CC2)c1. The van der Waals surface area contributed by atoms with Gasteiger partial charge in [0.15, 0.2) is 5.11 Å². The highest BCUT2D eigenvalue weighted by Gasteiger charge is 2.30. The first kappa shape index (κ1) is 18.7. The molecule has 1 aliphatic heterocycles. The fourth-order valence-electron chi connectivity index (χ4n) is 2.93. The van der Waals surface area contributed by atoms with Crippen molar-refractivity contribution >= 4 is 23.0 Å². The van der Waals surface area contributed by atoms with Crippen molar-refractivity contribution in [2.45, 2.75) is 12.7 Å². The molecule has 0 aliphatic carbocycles. The van der Waals surface area contributed by atoms with E-state index in [-0.39, 0.29) is 0 Å². The van der Waals surface area contributed by atoms with Gasteiger partial charge in [-0.25, -0.2) is 0 Å². The summed E-state index contributed by atoms with van der Waals surface area (Å²) in [5.41, 5.74) is 0.945. The minimum Gasteiger partial charge on any atom is -0.346 e. The van der Waals surface area contributed by atoms with Crippen LogP contribution in [0.25, 0.3) is 0 Å². The first-order valence-electron chi connectivity index (χ1n) is 8.41. The molecule has 0 bridgehead atoms. The molecule has 1 fully saturated rings. The summed E-state index contributed by atoms with van der Waals surface area (Å²) in [6.45, 7) is 4.11. The summed E-state index contributed by atoms with van der Waals surface area (Å²) in [4.78, 5) is 4.34. The number of hydrogen-bond acceptors (Lipinski definition) is 2. The van der Waals surface area contributed by atoms with Crippen molar-refractivity contribution in [1.29, 1.82) is 0 Å². The summed E-state index contributed by atoms with van der Waals surface area (Å²) >= 11 is 5.38. The van der Waals surface area contributed by atoms with Crippen LogP contribution in [0, 0.1) is 0 Å². The molecule has 1 saturated heterocycles. The summed E-state index contributed by atoms with van der Waals surface area (Å²) in [6, 6.07) is 15.4. The summed E-state index contributed by atoms with van der Waals surface area (Å²) < 4.78 is 38.4. The molecule has 1 heterocycles. The van der Waals surface area contributed by atoms with E-state index in [0.717, 1.165) is 44.9 Å². The van der Waals surface area contributed by atoms with Gasteiger partial charge in [0.1, 0.15) is 0 Å². The lowest BCUT2D eigenvalue weighted by Gasteiger charge is -2.36. The standard InChI is InChI=1S/C19H20F3N3S/c20-19(21,22)16-7-4-8-17(13-16)23-18(26)25-11-9-24(10-12-25)14-15-5-2-1-3-6-15/h1-8,13H,9-12,14H2,(H,23,26). The van der Waals surface area contributed by atoms with Gasteiger partial charge < -0.3 is 10.2 Å².